The van der Waals surface area contributed by atoms with Gasteiger partial charge in [-0.15, -0.1) is 22.7 Å². The molecule has 1 aliphatic carbocycles. The molecular formula is C24H22N2O2S2. The van der Waals surface area contributed by atoms with Crippen molar-refractivity contribution in [2.24, 2.45) is 0 Å². The highest BCUT2D eigenvalue weighted by Crippen LogP contribution is 2.46. The van der Waals surface area contributed by atoms with Gasteiger partial charge in [0, 0.05) is 16.0 Å². The minimum atomic E-state index is -0.0981. The summed E-state index contributed by atoms with van der Waals surface area (Å²) >= 11 is 3.41. The van der Waals surface area contributed by atoms with Gasteiger partial charge >= 0.3 is 0 Å². The van der Waals surface area contributed by atoms with Crippen molar-refractivity contribution in [3.05, 3.63) is 64.5 Å². The van der Waals surface area contributed by atoms with Crippen molar-refractivity contribution >= 4 is 43.8 Å². The molecule has 152 valence electrons. The maximum Gasteiger partial charge on any atom is 0.256 e. The topological polar surface area (TPSA) is 51.2 Å². The molecule has 0 fully saturated rings. The van der Waals surface area contributed by atoms with Crippen LogP contribution in [0.4, 0.5) is 5.00 Å². The molecule has 0 bridgehead atoms. The zero-order valence-corrected chi connectivity index (χ0v) is 18.4. The molecule has 6 heteroatoms. The summed E-state index contributed by atoms with van der Waals surface area (Å²) in [5.74, 6) is 0.676. The van der Waals surface area contributed by atoms with E-state index in [0.717, 1.165) is 39.7 Å². The van der Waals surface area contributed by atoms with E-state index in [1.54, 1.807) is 22.7 Å². The summed E-state index contributed by atoms with van der Waals surface area (Å²) in [5, 5.41) is 5.10. The minimum Gasteiger partial charge on any atom is -0.494 e. The van der Waals surface area contributed by atoms with Crippen LogP contribution in [0.2, 0.25) is 0 Å². The second kappa shape index (κ2) is 8.20. The van der Waals surface area contributed by atoms with Crippen LogP contribution < -0.4 is 10.1 Å². The lowest BCUT2D eigenvalue weighted by atomic mass is 9.95. The van der Waals surface area contributed by atoms with Gasteiger partial charge in [0.25, 0.3) is 5.91 Å². The number of aryl methyl sites for hydroxylation is 1. The van der Waals surface area contributed by atoms with Crippen LogP contribution in [-0.2, 0) is 12.8 Å². The fourth-order valence-corrected chi connectivity index (χ4v) is 6.30. The van der Waals surface area contributed by atoms with Crippen LogP contribution in [0.25, 0.3) is 20.8 Å². The van der Waals surface area contributed by atoms with Gasteiger partial charge in [-0.05, 0) is 74.6 Å². The maximum atomic E-state index is 13.0. The molecule has 2 aromatic heterocycles. The van der Waals surface area contributed by atoms with E-state index in [-0.39, 0.29) is 5.91 Å². The largest absolute Gasteiger partial charge is 0.494 e. The molecule has 0 spiro atoms. The number of benzene rings is 2. The number of para-hydroxylation sites is 1. The van der Waals surface area contributed by atoms with Crippen LogP contribution in [0, 0.1) is 0 Å². The van der Waals surface area contributed by atoms with E-state index in [9.17, 15) is 4.79 Å². The number of carbonyl (C=O) groups excluding carboxylic acids is 1. The van der Waals surface area contributed by atoms with Crippen molar-refractivity contribution in [1.29, 1.82) is 0 Å². The second-order valence-corrected chi connectivity index (χ2v) is 9.45. The summed E-state index contributed by atoms with van der Waals surface area (Å²) in [6, 6.07) is 15.5. The lowest BCUT2D eigenvalue weighted by Gasteiger charge is -2.12. The standard InChI is InChI=1S/C24H22N2O2S2/c1-2-28-16-13-11-15(12-14-16)22(27)26-24-21(17-7-3-5-9-19(17)29-24)23-25-18-8-4-6-10-20(18)30-23/h4,6,8,10-14H,2-3,5,7,9H2,1H3,(H,26,27). The first-order chi connectivity index (χ1) is 14.7. The van der Waals surface area contributed by atoms with Crippen LogP contribution in [0.5, 0.6) is 5.75 Å². The van der Waals surface area contributed by atoms with E-state index >= 15 is 0 Å². The molecule has 2 heterocycles. The molecule has 0 atom stereocenters. The Balaban J connectivity index is 1.51. The van der Waals surface area contributed by atoms with E-state index in [0.29, 0.717) is 12.2 Å². The number of carbonyl (C=O) groups is 1. The van der Waals surface area contributed by atoms with Gasteiger partial charge in [0.05, 0.1) is 16.8 Å². The molecule has 0 saturated heterocycles. The zero-order valence-electron chi connectivity index (χ0n) is 16.7. The number of fused-ring (bicyclic) bond motifs is 2. The van der Waals surface area contributed by atoms with Crippen molar-refractivity contribution in [2.75, 3.05) is 11.9 Å². The number of anilines is 1. The molecule has 0 radical (unpaired) electrons. The fourth-order valence-electron chi connectivity index (χ4n) is 3.90. The van der Waals surface area contributed by atoms with Gasteiger partial charge in [0.15, 0.2) is 0 Å². The first-order valence-electron chi connectivity index (χ1n) is 10.3. The molecule has 4 nitrogen and oxygen atoms in total. The van der Waals surface area contributed by atoms with Crippen molar-refractivity contribution < 1.29 is 9.53 Å². The minimum absolute atomic E-state index is 0.0981. The lowest BCUT2D eigenvalue weighted by molar-refractivity contribution is 0.102. The summed E-state index contributed by atoms with van der Waals surface area (Å²) in [4.78, 5) is 19.3. The predicted octanol–water partition coefficient (Wildman–Crippen LogP) is 6.55. The van der Waals surface area contributed by atoms with E-state index in [4.69, 9.17) is 9.72 Å². The third kappa shape index (κ3) is 3.61. The Kier molecular flexibility index (Phi) is 5.27. The average molecular weight is 435 g/mol. The molecule has 0 unspecified atom stereocenters. The van der Waals surface area contributed by atoms with Gasteiger partial charge in [-0.1, -0.05) is 12.1 Å². The van der Waals surface area contributed by atoms with Gasteiger partial charge in [-0.3, -0.25) is 4.79 Å². The Bertz CT molecular complexity index is 1170. The summed E-state index contributed by atoms with van der Waals surface area (Å²) < 4.78 is 6.66. The Morgan fingerprint density at radius 3 is 2.67 bits per heavy atom. The smallest absolute Gasteiger partial charge is 0.256 e. The van der Waals surface area contributed by atoms with Crippen LogP contribution in [0.1, 0.15) is 40.6 Å². The molecule has 0 aliphatic heterocycles. The number of nitrogens with zero attached hydrogens (tertiary/aromatic N) is 1. The third-order valence-electron chi connectivity index (χ3n) is 5.33. The predicted molar refractivity (Wildman–Crippen MR) is 125 cm³/mol. The quantitative estimate of drug-likeness (QED) is 0.387. The van der Waals surface area contributed by atoms with Gasteiger partial charge in [0.1, 0.15) is 15.8 Å². The number of ether oxygens (including phenoxy) is 1. The zero-order chi connectivity index (χ0) is 20.5. The van der Waals surface area contributed by atoms with Crippen LogP contribution in [0.3, 0.4) is 0 Å². The molecule has 1 aliphatic rings. The number of thiazole rings is 1. The van der Waals surface area contributed by atoms with Crippen molar-refractivity contribution in [2.45, 2.75) is 32.6 Å². The normalized spacial score (nSPS) is 13.2. The number of hydrogen-bond acceptors (Lipinski definition) is 5. The van der Waals surface area contributed by atoms with E-state index in [1.165, 1.54) is 28.0 Å². The Hall–Kier alpha value is -2.70. The average Bonchev–Trinajstić information content (AvgIpc) is 3.34. The highest BCUT2D eigenvalue weighted by molar-refractivity contribution is 7.23. The van der Waals surface area contributed by atoms with Crippen LogP contribution in [0.15, 0.2) is 48.5 Å². The van der Waals surface area contributed by atoms with Crippen molar-refractivity contribution in [3.63, 3.8) is 0 Å². The molecule has 30 heavy (non-hydrogen) atoms. The summed E-state index contributed by atoms with van der Waals surface area (Å²) in [7, 11) is 0. The van der Waals surface area contributed by atoms with Crippen molar-refractivity contribution in [3.8, 4) is 16.3 Å². The maximum absolute atomic E-state index is 13.0. The Morgan fingerprint density at radius 2 is 1.87 bits per heavy atom. The fraction of sp³-hybridized carbons (Fsp3) is 0.250. The number of thiophene rings is 1. The Labute approximate surface area is 183 Å². The number of hydrogen-bond donors (Lipinski definition) is 1. The monoisotopic (exact) mass is 434 g/mol. The SMILES string of the molecule is CCOc1ccc(C(=O)Nc2sc3c(c2-c2nc4ccccc4s2)CCCC3)cc1. The van der Waals surface area contributed by atoms with E-state index < -0.39 is 0 Å². The molecule has 0 saturated carbocycles. The number of nitrogens with one attached hydrogen (secondary N) is 1. The molecule has 5 rings (SSSR count). The highest BCUT2D eigenvalue weighted by atomic mass is 32.1. The second-order valence-electron chi connectivity index (χ2n) is 7.31. The lowest BCUT2D eigenvalue weighted by Crippen LogP contribution is -2.11. The van der Waals surface area contributed by atoms with Gasteiger partial charge in [-0.25, -0.2) is 4.98 Å². The molecule has 4 aromatic rings. The third-order valence-corrected chi connectivity index (χ3v) is 7.59. The number of aromatic nitrogens is 1. The summed E-state index contributed by atoms with van der Waals surface area (Å²) in [6.07, 6.45) is 4.53. The van der Waals surface area contributed by atoms with Gasteiger partial charge in [0.2, 0.25) is 0 Å². The van der Waals surface area contributed by atoms with Crippen molar-refractivity contribution in [1.82, 2.24) is 4.98 Å². The molecular weight excluding hydrogens is 412 g/mol. The molecule has 1 N–H and O–H groups in total. The number of amides is 1. The van der Waals surface area contributed by atoms with Crippen LogP contribution in [-0.4, -0.2) is 17.5 Å². The summed E-state index contributed by atoms with van der Waals surface area (Å²) in [6.45, 7) is 2.56. The molecule has 2 aromatic carbocycles. The van der Waals surface area contributed by atoms with Gasteiger partial charge < -0.3 is 10.1 Å². The Morgan fingerprint density at radius 1 is 1.07 bits per heavy atom. The van der Waals surface area contributed by atoms with E-state index in [1.807, 2.05) is 49.4 Å². The van der Waals surface area contributed by atoms with Crippen LogP contribution >= 0.6 is 22.7 Å². The number of rotatable bonds is 5. The first-order valence-corrected chi connectivity index (χ1v) is 11.9. The highest BCUT2D eigenvalue weighted by Gasteiger charge is 2.25. The summed E-state index contributed by atoms with van der Waals surface area (Å²) in [5.41, 5.74) is 4.12. The first kappa shape index (κ1) is 19.3. The van der Waals surface area contributed by atoms with E-state index in [2.05, 4.69) is 11.4 Å². The molecule has 1 amide bonds. The van der Waals surface area contributed by atoms with Gasteiger partial charge in [-0.2, -0.15) is 0 Å².